The quantitative estimate of drug-likeness (QED) is 0.438. The van der Waals surface area contributed by atoms with E-state index < -0.39 is 0 Å². The highest BCUT2D eigenvalue weighted by Crippen LogP contribution is 2.25. The summed E-state index contributed by atoms with van der Waals surface area (Å²) in [5, 5.41) is 14.6. The van der Waals surface area contributed by atoms with Crippen molar-refractivity contribution in [3.63, 3.8) is 0 Å². The first kappa shape index (κ1) is 21.6. The van der Waals surface area contributed by atoms with Crippen molar-refractivity contribution in [3.05, 3.63) is 95.8 Å². The normalized spacial score (nSPS) is 12.9. The minimum atomic E-state index is -0.224. The van der Waals surface area contributed by atoms with E-state index in [1.54, 1.807) is 36.4 Å². The molecule has 2 heterocycles. The van der Waals surface area contributed by atoms with Crippen molar-refractivity contribution in [1.29, 1.82) is 0 Å². The van der Waals surface area contributed by atoms with E-state index in [4.69, 9.17) is 0 Å². The van der Waals surface area contributed by atoms with Crippen molar-refractivity contribution in [3.8, 4) is 11.4 Å². The summed E-state index contributed by atoms with van der Waals surface area (Å²) in [5.41, 5.74) is 3.32. The van der Waals surface area contributed by atoms with Gasteiger partial charge in [0.25, 0.3) is 11.8 Å². The van der Waals surface area contributed by atoms with Crippen LogP contribution in [0.4, 0.5) is 11.4 Å². The van der Waals surface area contributed by atoms with Crippen molar-refractivity contribution in [2.45, 2.75) is 32.2 Å². The van der Waals surface area contributed by atoms with Crippen LogP contribution in [-0.2, 0) is 13.0 Å². The second kappa shape index (κ2) is 9.70. The highest BCUT2D eigenvalue weighted by atomic mass is 16.2. The lowest BCUT2D eigenvalue weighted by Crippen LogP contribution is -2.13. The van der Waals surface area contributed by atoms with E-state index >= 15 is 0 Å². The molecule has 7 heteroatoms. The maximum Gasteiger partial charge on any atom is 0.255 e. The molecule has 4 aromatic rings. The van der Waals surface area contributed by atoms with Gasteiger partial charge in [0.05, 0.1) is 0 Å². The largest absolute Gasteiger partial charge is 0.322 e. The van der Waals surface area contributed by atoms with E-state index in [2.05, 4.69) is 25.4 Å². The third-order valence-electron chi connectivity index (χ3n) is 5.93. The van der Waals surface area contributed by atoms with Crippen LogP contribution in [0.3, 0.4) is 0 Å². The van der Waals surface area contributed by atoms with Gasteiger partial charge in [0.15, 0.2) is 5.82 Å². The molecule has 1 aromatic heterocycles. The van der Waals surface area contributed by atoms with Gasteiger partial charge in [-0.05, 0) is 61.4 Å². The predicted octanol–water partition coefficient (Wildman–Crippen LogP) is 5.18. The second-order valence-electron chi connectivity index (χ2n) is 8.33. The average molecular weight is 452 g/mol. The first-order valence-corrected chi connectivity index (χ1v) is 11.5. The van der Waals surface area contributed by atoms with Crippen LogP contribution in [0.2, 0.25) is 0 Å². The van der Waals surface area contributed by atoms with Gasteiger partial charge in [0.1, 0.15) is 5.82 Å². The fourth-order valence-corrected chi connectivity index (χ4v) is 4.14. The zero-order chi connectivity index (χ0) is 23.3. The lowest BCUT2D eigenvalue weighted by atomic mass is 10.1. The summed E-state index contributed by atoms with van der Waals surface area (Å²) in [5.74, 6) is 1.45. The molecule has 170 valence electrons. The zero-order valence-corrected chi connectivity index (χ0v) is 18.7. The van der Waals surface area contributed by atoms with Crippen LogP contribution in [0, 0.1) is 0 Å². The molecular formula is C27H25N5O2. The summed E-state index contributed by atoms with van der Waals surface area (Å²) in [4.78, 5) is 25.1. The second-order valence-corrected chi connectivity index (χ2v) is 8.33. The number of amides is 2. The van der Waals surface area contributed by atoms with Crippen molar-refractivity contribution in [2.24, 2.45) is 0 Å². The number of benzene rings is 3. The molecule has 2 N–H and O–H groups in total. The summed E-state index contributed by atoms with van der Waals surface area (Å²) >= 11 is 0. The van der Waals surface area contributed by atoms with Crippen LogP contribution in [0.15, 0.2) is 78.9 Å². The van der Waals surface area contributed by atoms with E-state index in [0.29, 0.717) is 22.5 Å². The molecule has 0 radical (unpaired) electrons. The van der Waals surface area contributed by atoms with E-state index in [1.807, 2.05) is 42.5 Å². The molecule has 0 unspecified atom stereocenters. The number of anilines is 2. The van der Waals surface area contributed by atoms with Gasteiger partial charge >= 0.3 is 0 Å². The Labute approximate surface area is 197 Å². The van der Waals surface area contributed by atoms with Gasteiger partial charge in [-0.1, -0.05) is 36.8 Å². The van der Waals surface area contributed by atoms with Crippen molar-refractivity contribution >= 4 is 23.2 Å². The summed E-state index contributed by atoms with van der Waals surface area (Å²) in [6.45, 7) is 0.918. The van der Waals surface area contributed by atoms with Crippen LogP contribution in [0.1, 0.15) is 45.8 Å². The maximum atomic E-state index is 12.8. The Balaban J connectivity index is 1.27. The zero-order valence-electron chi connectivity index (χ0n) is 18.7. The smallest absolute Gasteiger partial charge is 0.255 e. The van der Waals surface area contributed by atoms with E-state index in [-0.39, 0.29) is 11.8 Å². The Morgan fingerprint density at radius 3 is 2.24 bits per heavy atom. The summed E-state index contributed by atoms with van der Waals surface area (Å²) in [7, 11) is 0. The van der Waals surface area contributed by atoms with Crippen LogP contribution >= 0.6 is 0 Å². The molecule has 0 bridgehead atoms. The first-order valence-electron chi connectivity index (χ1n) is 11.5. The number of rotatable bonds is 5. The van der Waals surface area contributed by atoms with E-state index in [9.17, 15) is 9.59 Å². The Bertz CT molecular complexity index is 1310. The van der Waals surface area contributed by atoms with Gasteiger partial charge in [-0.3, -0.25) is 9.59 Å². The molecule has 3 aromatic carbocycles. The number of hydrogen-bond donors (Lipinski definition) is 2. The van der Waals surface area contributed by atoms with Crippen molar-refractivity contribution in [2.75, 3.05) is 10.6 Å². The highest BCUT2D eigenvalue weighted by Gasteiger charge is 2.16. The highest BCUT2D eigenvalue weighted by molar-refractivity contribution is 6.06. The number of hydrogen-bond acceptors (Lipinski definition) is 4. The fourth-order valence-electron chi connectivity index (χ4n) is 4.14. The summed E-state index contributed by atoms with van der Waals surface area (Å²) in [6, 6.07) is 23.5. The Hall–Kier alpha value is -4.26. The van der Waals surface area contributed by atoms with Gasteiger partial charge < -0.3 is 15.2 Å². The first-order chi connectivity index (χ1) is 16.7. The van der Waals surface area contributed by atoms with Gasteiger partial charge in [0, 0.05) is 41.0 Å². The molecule has 0 aliphatic carbocycles. The molecule has 0 atom stereocenters. The molecule has 0 saturated carbocycles. The lowest BCUT2D eigenvalue weighted by molar-refractivity contribution is 0.102. The standard InChI is InChI=1S/C27H25N5O2/c33-26(19-8-3-1-4-9-19)28-22-15-13-20(14-16-22)27(34)29-23-11-7-10-21(18-23)25-31-30-24-12-5-2-6-17-32(24)25/h1,3-4,7-11,13-16,18H,2,5-6,12,17H2,(H,28,33)(H,29,34). The molecule has 7 nitrogen and oxygen atoms in total. The molecule has 2 amide bonds. The topological polar surface area (TPSA) is 88.9 Å². The van der Waals surface area contributed by atoms with Crippen molar-refractivity contribution < 1.29 is 9.59 Å². The number of aromatic nitrogens is 3. The molecular weight excluding hydrogens is 426 g/mol. The predicted molar refractivity (Wildman–Crippen MR) is 132 cm³/mol. The number of nitrogens with one attached hydrogen (secondary N) is 2. The monoisotopic (exact) mass is 451 g/mol. The van der Waals surface area contributed by atoms with Crippen LogP contribution < -0.4 is 10.6 Å². The molecule has 0 fully saturated rings. The van der Waals surface area contributed by atoms with Gasteiger partial charge in [0.2, 0.25) is 0 Å². The van der Waals surface area contributed by atoms with Gasteiger partial charge in [-0.25, -0.2) is 0 Å². The number of nitrogens with zero attached hydrogens (tertiary/aromatic N) is 3. The van der Waals surface area contributed by atoms with E-state index in [0.717, 1.165) is 43.0 Å². The Morgan fingerprint density at radius 1 is 0.706 bits per heavy atom. The lowest BCUT2D eigenvalue weighted by Gasteiger charge is -2.10. The van der Waals surface area contributed by atoms with Crippen LogP contribution in [-0.4, -0.2) is 26.6 Å². The third kappa shape index (κ3) is 4.73. The SMILES string of the molecule is O=C(Nc1ccc(C(=O)Nc2cccc(-c3nnc4n3CCCCC4)c2)cc1)c1ccccc1. The van der Waals surface area contributed by atoms with E-state index in [1.165, 1.54) is 6.42 Å². The number of aryl methyl sites for hydroxylation is 1. The van der Waals surface area contributed by atoms with Crippen LogP contribution in [0.5, 0.6) is 0 Å². The number of carbonyl (C=O) groups is 2. The van der Waals surface area contributed by atoms with Gasteiger partial charge in [-0.2, -0.15) is 0 Å². The summed E-state index contributed by atoms with van der Waals surface area (Å²) < 4.78 is 2.19. The average Bonchev–Trinajstić information content (AvgIpc) is 3.13. The molecule has 5 rings (SSSR count). The molecule has 34 heavy (non-hydrogen) atoms. The van der Waals surface area contributed by atoms with Gasteiger partial charge in [-0.15, -0.1) is 10.2 Å². The Morgan fingerprint density at radius 2 is 1.44 bits per heavy atom. The maximum absolute atomic E-state index is 12.8. The molecule has 1 aliphatic rings. The molecule has 1 aliphatic heterocycles. The van der Waals surface area contributed by atoms with Crippen LogP contribution in [0.25, 0.3) is 11.4 Å². The fraction of sp³-hybridized carbons (Fsp3) is 0.185. The minimum Gasteiger partial charge on any atom is -0.322 e. The Kier molecular flexibility index (Phi) is 6.16. The summed E-state index contributed by atoms with van der Waals surface area (Å²) in [6.07, 6.45) is 4.41. The van der Waals surface area contributed by atoms with Crippen molar-refractivity contribution in [1.82, 2.24) is 14.8 Å². The minimum absolute atomic E-state index is 0.194. The molecule has 0 saturated heterocycles. The number of fused-ring (bicyclic) bond motifs is 1. The third-order valence-corrected chi connectivity index (χ3v) is 5.93. The molecule has 0 spiro atoms. The number of carbonyl (C=O) groups excluding carboxylic acids is 2.